The van der Waals surface area contributed by atoms with Crippen LogP contribution < -0.4 is 0 Å². The van der Waals surface area contributed by atoms with Crippen LogP contribution in [0.25, 0.3) is 0 Å². The SMILES string of the molecule is COC(=O)C#Cc1ccc(C)c(CO)c1. The van der Waals surface area contributed by atoms with Gasteiger partial charge in [0.05, 0.1) is 13.7 Å². The molecule has 0 radical (unpaired) electrons. The van der Waals surface area contributed by atoms with Crippen molar-refractivity contribution in [2.45, 2.75) is 13.5 Å². The molecule has 1 aromatic rings. The largest absolute Gasteiger partial charge is 0.459 e. The molecule has 0 saturated heterocycles. The molecule has 3 heteroatoms. The van der Waals surface area contributed by atoms with Crippen molar-refractivity contribution in [2.24, 2.45) is 0 Å². The Kier molecular flexibility index (Phi) is 3.90. The van der Waals surface area contributed by atoms with E-state index in [4.69, 9.17) is 5.11 Å². The predicted octanol–water partition coefficient (Wildman–Crippen LogP) is 1.01. The van der Waals surface area contributed by atoms with E-state index in [1.165, 1.54) is 7.11 Å². The van der Waals surface area contributed by atoms with E-state index in [-0.39, 0.29) is 6.61 Å². The van der Waals surface area contributed by atoms with Crippen molar-refractivity contribution < 1.29 is 14.6 Å². The summed E-state index contributed by atoms with van der Waals surface area (Å²) < 4.78 is 4.39. The van der Waals surface area contributed by atoms with Crippen LogP contribution in [0.5, 0.6) is 0 Å². The van der Waals surface area contributed by atoms with E-state index in [2.05, 4.69) is 16.6 Å². The number of methoxy groups -OCH3 is 1. The Morgan fingerprint density at radius 3 is 2.87 bits per heavy atom. The fourth-order valence-electron chi connectivity index (χ4n) is 1.09. The molecular weight excluding hydrogens is 192 g/mol. The van der Waals surface area contributed by atoms with Gasteiger partial charge < -0.3 is 9.84 Å². The van der Waals surface area contributed by atoms with Gasteiger partial charge >= 0.3 is 5.97 Å². The lowest BCUT2D eigenvalue weighted by Crippen LogP contribution is -1.95. The van der Waals surface area contributed by atoms with Crippen LogP contribution in [0.15, 0.2) is 18.2 Å². The molecule has 0 atom stereocenters. The summed E-state index contributed by atoms with van der Waals surface area (Å²) in [5.74, 6) is 4.42. The van der Waals surface area contributed by atoms with Crippen LogP contribution in [0.2, 0.25) is 0 Å². The molecule has 1 aromatic carbocycles. The quantitative estimate of drug-likeness (QED) is 0.548. The van der Waals surface area contributed by atoms with Gasteiger partial charge in [-0.1, -0.05) is 12.0 Å². The molecule has 0 bridgehead atoms. The van der Waals surface area contributed by atoms with Crippen molar-refractivity contribution in [3.63, 3.8) is 0 Å². The van der Waals surface area contributed by atoms with Crippen LogP contribution in [-0.4, -0.2) is 18.2 Å². The van der Waals surface area contributed by atoms with Gasteiger partial charge in [0.15, 0.2) is 0 Å². The van der Waals surface area contributed by atoms with Crippen molar-refractivity contribution in [1.82, 2.24) is 0 Å². The lowest BCUT2D eigenvalue weighted by molar-refractivity contribution is -0.133. The monoisotopic (exact) mass is 204 g/mol. The zero-order chi connectivity index (χ0) is 11.3. The topological polar surface area (TPSA) is 46.5 Å². The highest BCUT2D eigenvalue weighted by Crippen LogP contribution is 2.10. The summed E-state index contributed by atoms with van der Waals surface area (Å²) in [6.45, 7) is 1.88. The van der Waals surface area contributed by atoms with Crippen molar-refractivity contribution in [2.75, 3.05) is 7.11 Å². The molecular formula is C12H12O3. The van der Waals surface area contributed by atoms with E-state index in [1.54, 1.807) is 12.1 Å². The first kappa shape index (κ1) is 11.3. The Bertz CT molecular complexity index is 424. The van der Waals surface area contributed by atoms with E-state index in [1.807, 2.05) is 13.0 Å². The van der Waals surface area contributed by atoms with Crippen LogP contribution in [0.3, 0.4) is 0 Å². The second-order valence-electron chi connectivity index (χ2n) is 3.04. The molecule has 1 N–H and O–H groups in total. The van der Waals surface area contributed by atoms with Crippen LogP contribution in [-0.2, 0) is 16.1 Å². The number of hydrogen-bond acceptors (Lipinski definition) is 3. The van der Waals surface area contributed by atoms with Gasteiger partial charge in [-0.3, -0.25) is 0 Å². The fraction of sp³-hybridized carbons (Fsp3) is 0.250. The number of aryl methyl sites for hydroxylation is 1. The minimum absolute atomic E-state index is 0.0282. The normalized spacial score (nSPS) is 9.00. The molecule has 0 aromatic heterocycles. The highest BCUT2D eigenvalue weighted by atomic mass is 16.5. The molecule has 15 heavy (non-hydrogen) atoms. The van der Waals surface area contributed by atoms with Gasteiger partial charge in [0.1, 0.15) is 0 Å². The maximum absolute atomic E-state index is 10.8. The molecule has 0 fully saturated rings. The molecule has 0 aliphatic rings. The number of benzene rings is 1. The highest BCUT2D eigenvalue weighted by molar-refractivity contribution is 5.89. The average molecular weight is 204 g/mol. The third-order valence-electron chi connectivity index (χ3n) is 2.01. The average Bonchev–Trinajstić information content (AvgIpc) is 2.27. The Balaban J connectivity index is 2.95. The van der Waals surface area contributed by atoms with E-state index in [0.717, 1.165) is 11.1 Å². The Morgan fingerprint density at radius 2 is 2.27 bits per heavy atom. The minimum atomic E-state index is -0.568. The van der Waals surface area contributed by atoms with Crippen molar-refractivity contribution in [3.05, 3.63) is 34.9 Å². The minimum Gasteiger partial charge on any atom is -0.459 e. The molecule has 1 rings (SSSR count). The number of aliphatic hydroxyl groups is 1. The second-order valence-corrected chi connectivity index (χ2v) is 3.04. The Labute approximate surface area is 88.7 Å². The molecule has 0 amide bonds. The van der Waals surface area contributed by atoms with Gasteiger partial charge in [-0.2, -0.15) is 0 Å². The first-order chi connectivity index (χ1) is 7.17. The fourth-order valence-corrected chi connectivity index (χ4v) is 1.09. The summed E-state index contributed by atoms with van der Waals surface area (Å²) in [5, 5.41) is 9.03. The summed E-state index contributed by atoms with van der Waals surface area (Å²) in [6.07, 6.45) is 0. The van der Waals surface area contributed by atoms with Crippen LogP contribution in [0, 0.1) is 18.8 Å². The molecule has 0 aliphatic heterocycles. The third kappa shape index (κ3) is 3.12. The molecule has 78 valence electrons. The maximum atomic E-state index is 10.8. The summed E-state index contributed by atoms with van der Waals surface area (Å²) in [7, 11) is 1.28. The standard InChI is InChI=1S/C12H12O3/c1-9-3-4-10(7-11(9)8-13)5-6-12(14)15-2/h3-4,7,13H,8H2,1-2H3. The van der Waals surface area contributed by atoms with Crippen LogP contribution in [0.4, 0.5) is 0 Å². The predicted molar refractivity (Wildman–Crippen MR) is 56.0 cm³/mol. The zero-order valence-electron chi connectivity index (χ0n) is 8.70. The van der Waals surface area contributed by atoms with E-state index < -0.39 is 5.97 Å². The number of ether oxygens (including phenoxy) is 1. The van der Waals surface area contributed by atoms with Crippen molar-refractivity contribution >= 4 is 5.97 Å². The van der Waals surface area contributed by atoms with Gasteiger partial charge in [0, 0.05) is 11.5 Å². The van der Waals surface area contributed by atoms with Crippen molar-refractivity contribution in [3.8, 4) is 11.8 Å². The number of esters is 1. The molecule has 0 aliphatic carbocycles. The van der Waals surface area contributed by atoms with Gasteiger partial charge in [-0.15, -0.1) is 0 Å². The molecule has 3 nitrogen and oxygen atoms in total. The summed E-state index contributed by atoms with van der Waals surface area (Å²) in [4.78, 5) is 10.8. The third-order valence-corrected chi connectivity index (χ3v) is 2.01. The zero-order valence-corrected chi connectivity index (χ0v) is 8.70. The second kappa shape index (κ2) is 5.18. The van der Waals surface area contributed by atoms with Gasteiger partial charge in [-0.25, -0.2) is 4.79 Å². The Morgan fingerprint density at radius 1 is 1.53 bits per heavy atom. The van der Waals surface area contributed by atoms with Gasteiger partial charge in [0.25, 0.3) is 0 Å². The summed E-state index contributed by atoms with van der Waals surface area (Å²) in [6, 6.07) is 5.41. The van der Waals surface area contributed by atoms with Crippen LogP contribution in [0.1, 0.15) is 16.7 Å². The smallest absolute Gasteiger partial charge is 0.384 e. The van der Waals surface area contributed by atoms with E-state index >= 15 is 0 Å². The highest BCUT2D eigenvalue weighted by Gasteiger charge is 1.97. The number of hydrogen-bond donors (Lipinski definition) is 1. The maximum Gasteiger partial charge on any atom is 0.384 e. The number of carbonyl (C=O) groups is 1. The number of carbonyl (C=O) groups excluding carboxylic acids is 1. The summed E-state index contributed by atoms with van der Waals surface area (Å²) in [5.41, 5.74) is 2.50. The van der Waals surface area contributed by atoms with E-state index in [0.29, 0.717) is 5.56 Å². The van der Waals surface area contributed by atoms with Gasteiger partial charge in [-0.05, 0) is 30.2 Å². The molecule has 0 saturated carbocycles. The lowest BCUT2D eigenvalue weighted by Gasteiger charge is -2.01. The summed E-state index contributed by atoms with van der Waals surface area (Å²) >= 11 is 0. The first-order valence-electron chi connectivity index (χ1n) is 4.47. The molecule has 0 heterocycles. The molecule has 0 spiro atoms. The van der Waals surface area contributed by atoms with Crippen molar-refractivity contribution in [1.29, 1.82) is 0 Å². The lowest BCUT2D eigenvalue weighted by atomic mass is 10.1. The van der Waals surface area contributed by atoms with Crippen LogP contribution >= 0.6 is 0 Å². The first-order valence-corrected chi connectivity index (χ1v) is 4.47. The Hall–Kier alpha value is -1.79. The van der Waals surface area contributed by atoms with E-state index in [9.17, 15) is 4.79 Å². The number of aliphatic hydroxyl groups excluding tert-OH is 1. The number of rotatable bonds is 1. The van der Waals surface area contributed by atoms with Gasteiger partial charge in [0.2, 0.25) is 0 Å². The molecule has 0 unspecified atom stereocenters.